The van der Waals surface area contributed by atoms with E-state index >= 15 is 0 Å². The fourth-order valence-corrected chi connectivity index (χ4v) is 4.23. The van der Waals surface area contributed by atoms with Crippen LogP contribution in [0.15, 0.2) is 18.2 Å². The van der Waals surface area contributed by atoms with Crippen molar-refractivity contribution in [1.29, 1.82) is 0 Å². The zero-order valence-corrected chi connectivity index (χ0v) is 10.6. The number of rotatable bonds is 2. The third-order valence-corrected chi connectivity index (χ3v) is 5.06. The van der Waals surface area contributed by atoms with Gasteiger partial charge in [0, 0.05) is 11.1 Å². The van der Waals surface area contributed by atoms with E-state index < -0.39 is 21.7 Å². The van der Waals surface area contributed by atoms with Crippen molar-refractivity contribution in [3.63, 3.8) is 0 Å². The molecule has 1 aliphatic heterocycles. The van der Waals surface area contributed by atoms with Gasteiger partial charge in [-0.25, -0.2) is 12.8 Å². The van der Waals surface area contributed by atoms with Gasteiger partial charge in [0.15, 0.2) is 9.84 Å². The van der Waals surface area contributed by atoms with Crippen LogP contribution in [0.4, 0.5) is 4.39 Å². The Morgan fingerprint density at radius 1 is 1.41 bits per heavy atom. The van der Waals surface area contributed by atoms with Gasteiger partial charge in [-0.3, -0.25) is 0 Å². The molecule has 0 amide bonds. The Bertz CT molecular complexity index is 512. The lowest BCUT2D eigenvalue weighted by atomic mass is 9.93. The Balaban J connectivity index is 2.23. The second kappa shape index (κ2) is 4.55. The molecule has 1 aliphatic rings. The lowest BCUT2D eigenvalue weighted by Gasteiger charge is -2.18. The minimum absolute atomic E-state index is 0.0717. The van der Waals surface area contributed by atoms with Crippen molar-refractivity contribution in [2.24, 2.45) is 11.7 Å². The van der Waals surface area contributed by atoms with Gasteiger partial charge in [-0.15, -0.1) is 0 Å². The molecule has 0 radical (unpaired) electrons. The van der Waals surface area contributed by atoms with Gasteiger partial charge in [0.05, 0.1) is 11.5 Å². The number of benzene rings is 1. The molecular weight excluding hydrogens is 265 g/mol. The number of nitrogens with two attached hydrogens (primary N) is 1. The van der Waals surface area contributed by atoms with Gasteiger partial charge >= 0.3 is 0 Å². The van der Waals surface area contributed by atoms with Crippen LogP contribution in [0, 0.1) is 11.7 Å². The molecule has 0 aromatic heterocycles. The molecule has 1 saturated heterocycles. The molecule has 1 aromatic rings. The van der Waals surface area contributed by atoms with E-state index in [9.17, 15) is 12.8 Å². The van der Waals surface area contributed by atoms with Crippen molar-refractivity contribution in [2.45, 2.75) is 12.5 Å². The van der Waals surface area contributed by atoms with E-state index in [2.05, 4.69) is 0 Å². The van der Waals surface area contributed by atoms with Gasteiger partial charge in [-0.1, -0.05) is 11.6 Å². The molecule has 94 valence electrons. The summed E-state index contributed by atoms with van der Waals surface area (Å²) < 4.78 is 35.9. The summed E-state index contributed by atoms with van der Waals surface area (Å²) in [5, 5.41) is 0.274. The Morgan fingerprint density at radius 3 is 2.65 bits per heavy atom. The summed E-state index contributed by atoms with van der Waals surface area (Å²) >= 11 is 5.74. The predicted molar refractivity (Wildman–Crippen MR) is 65.1 cm³/mol. The monoisotopic (exact) mass is 277 g/mol. The predicted octanol–water partition coefficient (Wildman–Crippen LogP) is 1.91. The molecule has 2 rings (SSSR count). The van der Waals surface area contributed by atoms with Crippen molar-refractivity contribution in [3.05, 3.63) is 34.6 Å². The van der Waals surface area contributed by atoms with E-state index in [1.54, 1.807) is 6.07 Å². The maximum Gasteiger partial charge on any atom is 0.150 e. The average Bonchev–Trinajstić information content (AvgIpc) is 2.56. The van der Waals surface area contributed by atoms with E-state index in [1.807, 2.05) is 0 Å². The van der Waals surface area contributed by atoms with Crippen molar-refractivity contribution in [2.75, 3.05) is 11.5 Å². The summed E-state index contributed by atoms with van der Waals surface area (Å²) in [6, 6.07) is 3.60. The van der Waals surface area contributed by atoms with Crippen LogP contribution < -0.4 is 5.73 Å². The van der Waals surface area contributed by atoms with Gasteiger partial charge in [-0.05, 0) is 36.1 Å². The zero-order chi connectivity index (χ0) is 12.6. The zero-order valence-electron chi connectivity index (χ0n) is 9.07. The SMILES string of the molecule is NC(c1cc(F)cc(Cl)c1)C1CCS(=O)(=O)C1. The Kier molecular flexibility index (Phi) is 3.43. The first-order valence-corrected chi connectivity index (χ1v) is 7.49. The molecule has 1 fully saturated rings. The second-order valence-electron chi connectivity index (χ2n) is 4.39. The highest BCUT2D eigenvalue weighted by Gasteiger charge is 2.32. The number of hydrogen-bond donors (Lipinski definition) is 1. The normalized spacial score (nSPS) is 24.8. The van der Waals surface area contributed by atoms with Crippen LogP contribution in [0.25, 0.3) is 0 Å². The summed E-state index contributed by atoms with van der Waals surface area (Å²) in [4.78, 5) is 0. The van der Waals surface area contributed by atoms with Gasteiger partial charge in [0.1, 0.15) is 5.82 Å². The highest BCUT2D eigenvalue weighted by atomic mass is 35.5. The van der Waals surface area contributed by atoms with Gasteiger partial charge in [-0.2, -0.15) is 0 Å². The Hall–Kier alpha value is -0.650. The Labute approximate surface area is 105 Å². The lowest BCUT2D eigenvalue weighted by molar-refractivity contribution is 0.477. The minimum atomic E-state index is -2.98. The third-order valence-electron chi connectivity index (χ3n) is 3.05. The van der Waals surface area contributed by atoms with Crippen molar-refractivity contribution < 1.29 is 12.8 Å². The highest BCUT2D eigenvalue weighted by Crippen LogP contribution is 2.31. The molecule has 3 nitrogen and oxygen atoms in total. The molecule has 2 N–H and O–H groups in total. The molecule has 0 aliphatic carbocycles. The molecule has 2 unspecified atom stereocenters. The first-order chi connectivity index (χ1) is 7.87. The molecule has 1 heterocycles. The molecule has 17 heavy (non-hydrogen) atoms. The van der Waals surface area contributed by atoms with Gasteiger partial charge in [0.25, 0.3) is 0 Å². The van der Waals surface area contributed by atoms with E-state index in [1.165, 1.54) is 12.1 Å². The fourth-order valence-electron chi connectivity index (χ4n) is 2.15. The first kappa shape index (κ1) is 12.8. The van der Waals surface area contributed by atoms with Crippen molar-refractivity contribution >= 4 is 21.4 Å². The van der Waals surface area contributed by atoms with Gasteiger partial charge in [0.2, 0.25) is 0 Å². The Morgan fingerprint density at radius 2 is 2.12 bits per heavy atom. The molecule has 0 bridgehead atoms. The number of halogens is 2. The van der Waals surface area contributed by atoms with Crippen LogP contribution in [-0.2, 0) is 9.84 Å². The number of hydrogen-bond acceptors (Lipinski definition) is 3. The van der Waals surface area contributed by atoms with Gasteiger partial charge < -0.3 is 5.73 Å². The topological polar surface area (TPSA) is 60.2 Å². The van der Waals surface area contributed by atoms with Crippen molar-refractivity contribution in [3.8, 4) is 0 Å². The van der Waals surface area contributed by atoms with E-state index in [4.69, 9.17) is 17.3 Å². The highest BCUT2D eigenvalue weighted by molar-refractivity contribution is 7.91. The summed E-state index contributed by atoms with van der Waals surface area (Å²) in [5.41, 5.74) is 6.52. The number of sulfone groups is 1. The second-order valence-corrected chi connectivity index (χ2v) is 7.06. The summed E-state index contributed by atoms with van der Waals surface area (Å²) in [6.45, 7) is 0. The summed E-state index contributed by atoms with van der Waals surface area (Å²) in [5.74, 6) is -0.377. The van der Waals surface area contributed by atoms with Crippen LogP contribution >= 0.6 is 11.6 Å². The smallest absolute Gasteiger partial charge is 0.150 e. The fraction of sp³-hybridized carbons (Fsp3) is 0.455. The maximum atomic E-state index is 13.2. The average molecular weight is 278 g/mol. The van der Waals surface area contributed by atoms with Crippen molar-refractivity contribution in [1.82, 2.24) is 0 Å². The molecule has 2 atom stereocenters. The van der Waals surface area contributed by atoms with E-state index in [-0.39, 0.29) is 22.4 Å². The standard InChI is InChI=1S/C11H13ClFNO2S/c12-9-3-8(4-10(13)5-9)11(14)7-1-2-17(15,16)6-7/h3-5,7,11H,1-2,6,14H2. The van der Waals surface area contributed by atoms with Crippen LogP contribution in [0.2, 0.25) is 5.02 Å². The molecule has 1 aromatic carbocycles. The van der Waals surface area contributed by atoms with Crippen LogP contribution in [-0.4, -0.2) is 19.9 Å². The lowest BCUT2D eigenvalue weighted by Crippen LogP contribution is -2.22. The third kappa shape index (κ3) is 2.97. The molecule has 0 saturated carbocycles. The van der Waals surface area contributed by atoms with Crippen LogP contribution in [0.3, 0.4) is 0 Å². The maximum absolute atomic E-state index is 13.2. The van der Waals surface area contributed by atoms with E-state index in [0.717, 1.165) is 0 Å². The van der Waals surface area contributed by atoms with E-state index in [0.29, 0.717) is 12.0 Å². The summed E-state index contributed by atoms with van der Waals surface area (Å²) in [7, 11) is -2.98. The first-order valence-electron chi connectivity index (χ1n) is 5.29. The minimum Gasteiger partial charge on any atom is -0.324 e. The molecule has 0 spiro atoms. The summed E-state index contributed by atoms with van der Waals surface area (Å²) in [6.07, 6.45) is 0.525. The molecule has 6 heteroatoms. The van der Waals surface area contributed by atoms with Crippen LogP contribution in [0.5, 0.6) is 0 Å². The van der Waals surface area contributed by atoms with Crippen LogP contribution in [0.1, 0.15) is 18.0 Å². The quantitative estimate of drug-likeness (QED) is 0.898. The molecular formula is C11H13ClFNO2S. The largest absolute Gasteiger partial charge is 0.324 e.